The van der Waals surface area contributed by atoms with Gasteiger partial charge in [-0.05, 0) is 18.5 Å². The van der Waals surface area contributed by atoms with Crippen molar-refractivity contribution in [2.75, 3.05) is 27.3 Å². The number of rotatable bonds is 7. The van der Waals surface area contributed by atoms with E-state index in [-0.39, 0.29) is 0 Å². The minimum Gasteiger partial charge on any atom is -0.389 e. The first kappa shape index (κ1) is 14.1. The Morgan fingerprint density at radius 1 is 1.58 bits per heavy atom. The molecule has 0 amide bonds. The summed E-state index contributed by atoms with van der Waals surface area (Å²) in [4.78, 5) is 7.22. The van der Waals surface area contributed by atoms with Crippen LogP contribution in [0.15, 0.2) is 22.0 Å². The molecule has 2 aromatic heterocycles. The van der Waals surface area contributed by atoms with Gasteiger partial charge in [-0.15, -0.1) is 11.3 Å². The first-order chi connectivity index (χ1) is 9.19. The van der Waals surface area contributed by atoms with Crippen LogP contribution in [0.3, 0.4) is 0 Å². The Bertz CT molecular complexity index is 486. The van der Waals surface area contributed by atoms with E-state index in [1.54, 1.807) is 18.4 Å². The van der Waals surface area contributed by atoms with Crippen molar-refractivity contribution >= 4 is 11.3 Å². The van der Waals surface area contributed by atoms with Crippen LogP contribution in [-0.4, -0.2) is 53.6 Å². The van der Waals surface area contributed by atoms with Gasteiger partial charge in [0.15, 0.2) is 0 Å². The topological polar surface area (TPSA) is 71.6 Å². The number of nitrogens with zero attached hydrogens (tertiary/aromatic N) is 3. The number of methoxy groups -OCH3 is 1. The molecule has 0 spiro atoms. The van der Waals surface area contributed by atoms with Crippen molar-refractivity contribution in [3.05, 3.63) is 23.4 Å². The quantitative estimate of drug-likeness (QED) is 0.824. The van der Waals surface area contributed by atoms with E-state index in [1.165, 1.54) is 0 Å². The molecule has 0 saturated carbocycles. The average molecular weight is 283 g/mol. The second-order valence-electron chi connectivity index (χ2n) is 4.29. The van der Waals surface area contributed by atoms with Crippen LogP contribution in [-0.2, 0) is 11.3 Å². The maximum atomic E-state index is 9.62. The molecule has 0 bridgehead atoms. The third-order valence-corrected chi connectivity index (χ3v) is 3.36. The first-order valence-corrected chi connectivity index (χ1v) is 6.79. The lowest BCUT2D eigenvalue weighted by Gasteiger charge is -2.17. The zero-order valence-electron chi connectivity index (χ0n) is 10.9. The molecule has 104 valence electrons. The average Bonchev–Trinajstić information content (AvgIpc) is 2.98. The van der Waals surface area contributed by atoms with E-state index >= 15 is 0 Å². The molecule has 2 aromatic rings. The number of aromatic nitrogens is 2. The van der Waals surface area contributed by atoms with Gasteiger partial charge in [-0.3, -0.25) is 4.90 Å². The van der Waals surface area contributed by atoms with E-state index < -0.39 is 6.10 Å². The van der Waals surface area contributed by atoms with Crippen molar-refractivity contribution in [3.63, 3.8) is 0 Å². The standard InChI is InChI=1S/C12H17N3O3S/c1-15(6-9(16)8-17-2)7-11-13-12(14-18-11)10-4-3-5-19-10/h3-5,9,16H,6-8H2,1-2H3. The molecule has 0 fully saturated rings. The van der Waals surface area contributed by atoms with E-state index in [0.29, 0.717) is 31.4 Å². The van der Waals surface area contributed by atoms with E-state index in [4.69, 9.17) is 9.26 Å². The molecule has 0 aliphatic rings. The molecule has 0 aliphatic heterocycles. The predicted molar refractivity (Wildman–Crippen MR) is 71.8 cm³/mol. The summed E-state index contributed by atoms with van der Waals surface area (Å²) in [6, 6.07) is 3.90. The van der Waals surface area contributed by atoms with Gasteiger partial charge in [0, 0.05) is 13.7 Å². The molecule has 1 atom stereocenters. The van der Waals surface area contributed by atoms with Crippen molar-refractivity contribution in [1.82, 2.24) is 15.0 Å². The monoisotopic (exact) mass is 283 g/mol. The highest BCUT2D eigenvalue weighted by molar-refractivity contribution is 7.13. The number of thiophene rings is 1. The van der Waals surface area contributed by atoms with Crippen LogP contribution in [0.25, 0.3) is 10.7 Å². The van der Waals surface area contributed by atoms with Crippen LogP contribution in [0.1, 0.15) is 5.89 Å². The molecule has 1 N–H and O–H groups in total. The summed E-state index contributed by atoms with van der Waals surface area (Å²) in [6.45, 7) is 1.30. The Balaban J connectivity index is 1.89. The third kappa shape index (κ3) is 4.10. The lowest BCUT2D eigenvalue weighted by atomic mass is 10.3. The molecule has 19 heavy (non-hydrogen) atoms. The van der Waals surface area contributed by atoms with Crippen molar-refractivity contribution < 1.29 is 14.4 Å². The number of likely N-dealkylation sites (N-methyl/N-ethyl adjacent to an activating group) is 1. The largest absolute Gasteiger partial charge is 0.389 e. The fraction of sp³-hybridized carbons (Fsp3) is 0.500. The smallest absolute Gasteiger partial charge is 0.241 e. The molecule has 0 saturated heterocycles. The zero-order chi connectivity index (χ0) is 13.7. The number of ether oxygens (including phenoxy) is 1. The Labute approximate surface area is 115 Å². The van der Waals surface area contributed by atoms with Gasteiger partial charge in [-0.1, -0.05) is 11.2 Å². The minimum atomic E-state index is -0.519. The third-order valence-electron chi connectivity index (χ3n) is 2.50. The summed E-state index contributed by atoms with van der Waals surface area (Å²) in [6.07, 6.45) is -0.519. The maximum absolute atomic E-state index is 9.62. The molecule has 0 aliphatic carbocycles. The van der Waals surface area contributed by atoms with Crippen molar-refractivity contribution in [2.24, 2.45) is 0 Å². The Morgan fingerprint density at radius 3 is 3.11 bits per heavy atom. The molecule has 2 rings (SSSR count). The van der Waals surface area contributed by atoms with Gasteiger partial charge in [0.1, 0.15) is 0 Å². The van der Waals surface area contributed by atoms with E-state index in [9.17, 15) is 5.11 Å². The highest BCUT2D eigenvalue weighted by atomic mass is 32.1. The van der Waals surface area contributed by atoms with Crippen LogP contribution in [0.4, 0.5) is 0 Å². The minimum absolute atomic E-state index is 0.314. The summed E-state index contributed by atoms with van der Waals surface area (Å²) in [5.41, 5.74) is 0. The number of hydrogen-bond acceptors (Lipinski definition) is 7. The Kier molecular flexibility index (Phi) is 5.03. The lowest BCUT2D eigenvalue weighted by molar-refractivity contribution is 0.0400. The van der Waals surface area contributed by atoms with Crippen molar-refractivity contribution in [3.8, 4) is 10.7 Å². The van der Waals surface area contributed by atoms with Crippen LogP contribution < -0.4 is 0 Å². The number of hydrogen-bond donors (Lipinski definition) is 1. The first-order valence-electron chi connectivity index (χ1n) is 5.91. The highest BCUT2D eigenvalue weighted by Gasteiger charge is 2.13. The van der Waals surface area contributed by atoms with Gasteiger partial charge in [-0.25, -0.2) is 0 Å². The SMILES string of the molecule is COCC(O)CN(C)Cc1nc(-c2cccs2)no1. The Hall–Kier alpha value is -1.28. The molecule has 6 nitrogen and oxygen atoms in total. The molecule has 2 heterocycles. The van der Waals surface area contributed by atoms with Gasteiger partial charge in [-0.2, -0.15) is 4.98 Å². The summed E-state index contributed by atoms with van der Waals surface area (Å²) in [5, 5.41) is 15.5. The second-order valence-corrected chi connectivity index (χ2v) is 5.24. The zero-order valence-corrected chi connectivity index (χ0v) is 11.8. The molecule has 0 radical (unpaired) electrons. The van der Waals surface area contributed by atoms with Gasteiger partial charge in [0.25, 0.3) is 0 Å². The number of aliphatic hydroxyl groups excluding tert-OH is 1. The van der Waals surface area contributed by atoms with Crippen LogP contribution in [0.5, 0.6) is 0 Å². The van der Waals surface area contributed by atoms with Crippen molar-refractivity contribution in [1.29, 1.82) is 0 Å². The maximum Gasteiger partial charge on any atom is 0.241 e. The molecular weight excluding hydrogens is 266 g/mol. The van der Waals surface area contributed by atoms with Crippen LogP contribution in [0.2, 0.25) is 0 Å². The summed E-state index contributed by atoms with van der Waals surface area (Å²) >= 11 is 1.57. The normalized spacial score (nSPS) is 13.1. The summed E-state index contributed by atoms with van der Waals surface area (Å²) in [7, 11) is 3.45. The summed E-state index contributed by atoms with van der Waals surface area (Å²) < 4.78 is 10.1. The van der Waals surface area contributed by atoms with Gasteiger partial charge < -0.3 is 14.4 Å². The van der Waals surface area contributed by atoms with Crippen LogP contribution >= 0.6 is 11.3 Å². The second kappa shape index (κ2) is 6.76. The van der Waals surface area contributed by atoms with Gasteiger partial charge >= 0.3 is 0 Å². The van der Waals surface area contributed by atoms with Crippen LogP contribution in [0, 0.1) is 0 Å². The van der Waals surface area contributed by atoms with Gasteiger partial charge in [0.05, 0.1) is 24.1 Å². The fourth-order valence-corrected chi connectivity index (χ4v) is 2.37. The van der Waals surface area contributed by atoms with E-state index in [2.05, 4.69) is 10.1 Å². The van der Waals surface area contributed by atoms with E-state index in [1.807, 2.05) is 29.5 Å². The Morgan fingerprint density at radius 2 is 2.42 bits per heavy atom. The lowest BCUT2D eigenvalue weighted by Crippen LogP contribution is -2.31. The number of aliphatic hydroxyl groups is 1. The highest BCUT2D eigenvalue weighted by Crippen LogP contribution is 2.21. The molecule has 1 unspecified atom stereocenters. The molecule has 7 heteroatoms. The summed E-state index contributed by atoms with van der Waals surface area (Å²) in [5.74, 6) is 1.14. The fourth-order valence-electron chi connectivity index (χ4n) is 1.73. The molecular formula is C12H17N3O3S. The predicted octanol–water partition coefficient (Wildman–Crippen LogP) is 1.24. The van der Waals surface area contributed by atoms with E-state index in [0.717, 1.165) is 4.88 Å². The molecule has 0 aromatic carbocycles. The van der Waals surface area contributed by atoms with Crippen molar-refractivity contribution in [2.45, 2.75) is 12.6 Å². The van der Waals surface area contributed by atoms with Gasteiger partial charge in [0.2, 0.25) is 11.7 Å².